The van der Waals surface area contributed by atoms with E-state index in [1.165, 1.54) is 27.6 Å². The Morgan fingerprint density at radius 1 is 0.906 bits per heavy atom. The van der Waals surface area contributed by atoms with E-state index < -0.39 is 0 Å². The molecule has 0 aliphatic rings. The Kier molecular flexibility index (Phi) is 4.63. The van der Waals surface area contributed by atoms with Gasteiger partial charge in [0.2, 0.25) is 16.9 Å². The normalized spacial score (nSPS) is 12.3. The molecule has 2 aromatic carbocycles. The minimum Gasteiger partial charge on any atom is -0.437 e. The Morgan fingerprint density at radius 3 is 2.41 bits per heavy atom. The van der Waals surface area contributed by atoms with Crippen LogP contribution in [0.1, 0.15) is 43.2 Å². The molecule has 5 aromatic rings. The summed E-state index contributed by atoms with van der Waals surface area (Å²) in [6.07, 6.45) is 1.05. The zero-order valence-electron chi connectivity index (χ0n) is 20.1. The lowest BCUT2D eigenvalue weighted by atomic mass is 9.86. The zero-order valence-corrected chi connectivity index (χ0v) is 20.1. The van der Waals surface area contributed by atoms with Crippen LogP contribution >= 0.6 is 0 Å². The maximum Gasteiger partial charge on any atom is 0.227 e. The van der Waals surface area contributed by atoms with Crippen molar-refractivity contribution in [2.75, 3.05) is 0 Å². The minimum absolute atomic E-state index is 0.240. The van der Waals surface area contributed by atoms with Gasteiger partial charge in [0.25, 0.3) is 0 Å². The largest absolute Gasteiger partial charge is 0.437 e. The lowest BCUT2D eigenvalue weighted by molar-refractivity contribution is -0.633. The van der Waals surface area contributed by atoms with Gasteiger partial charge in [-0.3, -0.25) is 0 Å². The molecule has 0 atom stereocenters. The lowest BCUT2D eigenvalue weighted by Gasteiger charge is -2.19. The number of rotatable bonds is 2. The van der Waals surface area contributed by atoms with Crippen molar-refractivity contribution < 1.29 is 8.98 Å². The van der Waals surface area contributed by atoms with E-state index in [4.69, 9.17) is 4.42 Å². The van der Waals surface area contributed by atoms with Crippen LogP contribution in [0.4, 0.5) is 0 Å². The van der Waals surface area contributed by atoms with Crippen LogP contribution in [0.15, 0.2) is 52.9 Å². The third-order valence-electron chi connectivity index (χ3n) is 6.57. The van der Waals surface area contributed by atoms with Gasteiger partial charge in [-0.25, -0.2) is 4.98 Å². The van der Waals surface area contributed by atoms with Crippen LogP contribution in [0.3, 0.4) is 0 Å². The summed E-state index contributed by atoms with van der Waals surface area (Å²) in [7, 11) is 2.16. The Labute approximate surface area is 189 Å². The average Bonchev–Trinajstić information content (AvgIpc) is 3.06. The van der Waals surface area contributed by atoms with E-state index in [0.717, 1.165) is 39.7 Å². The van der Waals surface area contributed by atoms with E-state index >= 15 is 0 Å². The Morgan fingerprint density at radius 2 is 1.66 bits per heavy atom. The SMILES string of the molecule is Cc1ccc2c(n1)oc1c(-c3ccc4c(CC(C)(C)C)cccc4[n+]3C)c(C)c(C)cc12. The molecule has 0 fully saturated rings. The number of hydrogen-bond donors (Lipinski definition) is 0. The fourth-order valence-corrected chi connectivity index (χ4v) is 4.88. The second-order valence-corrected chi connectivity index (χ2v) is 10.3. The number of fused-ring (bicyclic) bond motifs is 4. The molecule has 0 aliphatic heterocycles. The number of furan rings is 1. The molecule has 3 nitrogen and oxygen atoms in total. The van der Waals surface area contributed by atoms with E-state index in [0.29, 0.717) is 5.71 Å². The smallest absolute Gasteiger partial charge is 0.227 e. The molecule has 0 bridgehead atoms. The number of nitrogens with zero attached hydrogens (tertiary/aromatic N) is 2. The van der Waals surface area contributed by atoms with Gasteiger partial charge >= 0.3 is 0 Å². The minimum atomic E-state index is 0.240. The molecule has 5 rings (SSSR count). The van der Waals surface area contributed by atoms with E-state index in [2.05, 4.69) is 99.7 Å². The predicted molar refractivity (Wildman–Crippen MR) is 133 cm³/mol. The van der Waals surface area contributed by atoms with Crippen molar-refractivity contribution >= 4 is 33.0 Å². The first-order valence-corrected chi connectivity index (χ1v) is 11.3. The molecule has 3 heterocycles. The van der Waals surface area contributed by atoms with E-state index in [1.807, 2.05) is 6.92 Å². The van der Waals surface area contributed by atoms with Gasteiger partial charge in [0.1, 0.15) is 7.05 Å². The van der Waals surface area contributed by atoms with Crippen molar-refractivity contribution in [3.05, 3.63) is 70.9 Å². The summed E-state index contributed by atoms with van der Waals surface area (Å²) < 4.78 is 8.70. The van der Waals surface area contributed by atoms with Gasteiger partial charge in [-0.05, 0) is 73.6 Å². The molecule has 0 saturated heterocycles. The summed E-state index contributed by atoms with van der Waals surface area (Å²) >= 11 is 0. The maximum absolute atomic E-state index is 6.39. The topological polar surface area (TPSA) is 29.9 Å². The lowest BCUT2D eigenvalue weighted by Crippen LogP contribution is -2.32. The summed E-state index contributed by atoms with van der Waals surface area (Å²) in [5.41, 5.74) is 10.3. The van der Waals surface area contributed by atoms with Crippen molar-refractivity contribution in [2.24, 2.45) is 12.5 Å². The van der Waals surface area contributed by atoms with Crippen molar-refractivity contribution in [1.82, 2.24) is 4.98 Å². The molecular formula is C29H31N2O+. The second kappa shape index (κ2) is 7.16. The molecule has 32 heavy (non-hydrogen) atoms. The van der Waals surface area contributed by atoms with Gasteiger partial charge in [-0.2, -0.15) is 4.57 Å². The summed E-state index contributed by atoms with van der Waals surface area (Å²) in [6, 6.07) is 17.6. The second-order valence-electron chi connectivity index (χ2n) is 10.3. The number of aromatic nitrogens is 2. The quantitative estimate of drug-likeness (QED) is 0.282. The Hall–Kier alpha value is -3.20. The molecule has 0 unspecified atom stereocenters. The first-order chi connectivity index (χ1) is 15.1. The van der Waals surface area contributed by atoms with Gasteiger partial charge in [0.05, 0.1) is 5.56 Å². The van der Waals surface area contributed by atoms with Crippen LogP contribution in [0.2, 0.25) is 0 Å². The van der Waals surface area contributed by atoms with Gasteiger partial charge in [0, 0.05) is 34.0 Å². The highest BCUT2D eigenvalue weighted by Gasteiger charge is 2.25. The predicted octanol–water partition coefficient (Wildman–Crippen LogP) is 7.14. The summed E-state index contributed by atoms with van der Waals surface area (Å²) in [5, 5.41) is 3.52. The van der Waals surface area contributed by atoms with Crippen LogP contribution < -0.4 is 4.57 Å². The van der Waals surface area contributed by atoms with Gasteiger partial charge < -0.3 is 4.42 Å². The maximum atomic E-state index is 6.39. The molecule has 0 radical (unpaired) electrons. The number of aryl methyl sites for hydroxylation is 3. The van der Waals surface area contributed by atoms with Crippen LogP contribution in [0.25, 0.3) is 44.2 Å². The van der Waals surface area contributed by atoms with Gasteiger partial charge in [0.15, 0.2) is 5.58 Å². The average molecular weight is 424 g/mol. The zero-order chi connectivity index (χ0) is 22.8. The molecule has 3 aromatic heterocycles. The van der Waals surface area contributed by atoms with Crippen molar-refractivity contribution in [2.45, 2.75) is 48.0 Å². The third kappa shape index (κ3) is 3.28. The molecule has 0 aliphatic carbocycles. The molecule has 0 amide bonds. The van der Waals surface area contributed by atoms with Crippen LogP contribution in [-0.4, -0.2) is 4.98 Å². The number of benzene rings is 2. The van der Waals surface area contributed by atoms with Gasteiger partial charge in [-0.1, -0.05) is 32.9 Å². The monoisotopic (exact) mass is 423 g/mol. The fourth-order valence-electron chi connectivity index (χ4n) is 4.88. The number of hydrogen-bond acceptors (Lipinski definition) is 2. The van der Waals surface area contributed by atoms with Crippen LogP contribution in [0, 0.1) is 26.2 Å². The Balaban J connectivity index is 1.82. The van der Waals surface area contributed by atoms with E-state index in [1.54, 1.807) is 0 Å². The van der Waals surface area contributed by atoms with Crippen LogP contribution in [0.5, 0.6) is 0 Å². The van der Waals surface area contributed by atoms with Crippen molar-refractivity contribution in [3.8, 4) is 11.3 Å². The molecule has 162 valence electrons. The van der Waals surface area contributed by atoms with Gasteiger partial charge in [-0.15, -0.1) is 0 Å². The Bertz CT molecular complexity index is 1520. The molecule has 0 saturated carbocycles. The summed E-state index contributed by atoms with van der Waals surface area (Å²) in [5.74, 6) is 0. The highest BCUT2D eigenvalue weighted by Crippen LogP contribution is 2.38. The van der Waals surface area contributed by atoms with Crippen molar-refractivity contribution in [1.29, 1.82) is 0 Å². The molecule has 0 N–H and O–H groups in total. The first-order valence-electron chi connectivity index (χ1n) is 11.3. The fraction of sp³-hybridized carbons (Fsp3) is 0.310. The summed E-state index contributed by atoms with van der Waals surface area (Å²) in [6.45, 7) is 13.3. The van der Waals surface area contributed by atoms with E-state index in [9.17, 15) is 0 Å². The third-order valence-corrected chi connectivity index (χ3v) is 6.57. The van der Waals surface area contributed by atoms with Crippen molar-refractivity contribution in [3.63, 3.8) is 0 Å². The highest BCUT2D eigenvalue weighted by atomic mass is 16.3. The van der Waals surface area contributed by atoms with Crippen LogP contribution in [-0.2, 0) is 13.5 Å². The van der Waals surface area contributed by atoms with E-state index in [-0.39, 0.29) is 5.41 Å². The molecule has 0 spiro atoms. The highest BCUT2D eigenvalue weighted by molar-refractivity contribution is 6.09. The standard InChI is InChI=1S/C29H31N2O/c1-17-15-23-22-12-11-18(2)30-28(22)32-27(23)26(19(17)3)25-14-13-21-20(16-29(4,5)6)9-8-10-24(21)31(25)7/h8-15H,16H2,1-7H3/q+1. The molecule has 3 heteroatoms. The molecular weight excluding hydrogens is 392 g/mol. The first kappa shape index (κ1) is 20.7. The summed E-state index contributed by atoms with van der Waals surface area (Å²) in [4.78, 5) is 4.65. The number of pyridine rings is 2.